The number of phenolic OH excluding ortho intramolecular Hbond substituents is 2. The monoisotopic (exact) mass is 434 g/mol. The van der Waals surface area contributed by atoms with Crippen molar-refractivity contribution in [2.75, 3.05) is 5.75 Å². The molecule has 3 aromatic carbocycles. The van der Waals surface area contributed by atoms with Gasteiger partial charge >= 0.3 is 0 Å². The second-order valence-corrected chi connectivity index (χ2v) is 9.43. The lowest BCUT2D eigenvalue weighted by Gasteiger charge is -2.34. The minimum Gasteiger partial charge on any atom is -0.505 e. The maximum atomic E-state index is 14.7. The molecular formula is C22H17F3O4S. The fraction of sp³-hybridized carbons (Fsp3) is 0.182. The van der Waals surface area contributed by atoms with Gasteiger partial charge in [-0.2, -0.15) is 0 Å². The fourth-order valence-electron chi connectivity index (χ4n) is 4.40. The minimum absolute atomic E-state index is 0.0221. The molecule has 1 heterocycles. The van der Waals surface area contributed by atoms with Gasteiger partial charge < -0.3 is 10.2 Å². The molecule has 0 amide bonds. The van der Waals surface area contributed by atoms with Crippen LogP contribution in [0.2, 0.25) is 0 Å². The second kappa shape index (κ2) is 6.50. The fourth-order valence-corrected chi connectivity index (χ4v) is 6.45. The van der Waals surface area contributed by atoms with Crippen LogP contribution in [0.5, 0.6) is 11.5 Å². The van der Waals surface area contributed by atoms with Crippen LogP contribution in [-0.4, -0.2) is 24.4 Å². The molecule has 8 heteroatoms. The molecule has 1 aliphatic heterocycles. The van der Waals surface area contributed by atoms with E-state index in [1.165, 1.54) is 25.1 Å². The van der Waals surface area contributed by atoms with Crippen LogP contribution >= 0.6 is 0 Å². The van der Waals surface area contributed by atoms with Gasteiger partial charge in [0.25, 0.3) is 0 Å². The van der Waals surface area contributed by atoms with E-state index in [-0.39, 0.29) is 27.1 Å². The number of phenols is 2. The van der Waals surface area contributed by atoms with Crippen LogP contribution in [0.1, 0.15) is 27.8 Å². The highest BCUT2D eigenvalue weighted by atomic mass is 32.2. The third-order valence-electron chi connectivity index (χ3n) is 5.74. The molecule has 0 spiro atoms. The molecule has 0 fully saturated rings. The normalized spacial score (nSPS) is 19.6. The topological polar surface area (TPSA) is 74.6 Å². The number of sulfone groups is 1. The number of hydrogen-bond donors (Lipinski definition) is 2. The molecule has 1 unspecified atom stereocenters. The van der Waals surface area contributed by atoms with Crippen molar-refractivity contribution >= 4 is 9.84 Å². The lowest BCUT2D eigenvalue weighted by molar-refractivity contribution is 0.391. The quantitative estimate of drug-likeness (QED) is 0.632. The smallest absolute Gasteiger partial charge is 0.188 e. The number of hydrogen-bond acceptors (Lipinski definition) is 4. The summed E-state index contributed by atoms with van der Waals surface area (Å²) >= 11 is 0. The van der Waals surface area contributed by atoms with Crippen LogP contribution in [0.15, 0.2) is 47.4 Å². The first kappa shape index (κ1) is 20.3. The van der Waals surface area contributed by atoms with E-state index in [1.54, 1.807) is 13.0 Å². The Labute approximate surface area is 171 Å². The van der Waals surface area contributed by atoms with Crippen molar-refractivity contribution in [1.29, 1.82) is 0 Å². The van der Waals surface area contributed by atoms with E-state index in [1.807, 2.05) is 0 Å². The van der Waals surface area contributed by atoms with Gasteiger partial charge in [-0.1, -0.05) is 18.2 Å². The van der Waals surface area contributed by atoms with E-state index in [2.05, 4.69) is 0 Å². The van der Waals surface area contributed by atoms with E-state index in [0.29, 0.717) is 5.56 Å². The van der Waals surface area contributed by atoms with Crippen molar-refractivity contribution in [3.8, 4) is 11.5 Å². The third-order valence-corrected chi connectivity index (χ3v) is 7.58. The van der Waals surface area contributed by atoms with Gasteiger partial charge in [-0.05, 0) is 65.9 Å². The van der Waals surface area contributed by atoms with Crippen LogP contribution in [0.3, 0.4) is 0 Å². The summed E-state index contributed by atoms with van der Waals surface area (Å²) in [5.74, 6) is -5.85. The standard InChI is InChI=1S/C22H17F3O4S/c1-11-7-18(26)16(23)8-14(11)22(15-9-17(24)21(27)20(25)12(15)2)10-30(28,29)19-6-4-3-5-13(19)22/h3-9,26-27H,10H2,1-2H3. The van der Waals surface area contributed by atoms with Gasteiger partial charge in [-0.25, -0.2) is 21.6 Å². The zero-order chi connectivity index (χ0) is 22.0. The summed E-state index contributed by atoms with van der Waals surface area (Å²) < 4.78 is 69.6. The molecule has 4 nitrogen and oxygen atoms in total. The first-order chi connectivity index (χ1) is 14.0. The maximum absolute atomic E-state index is 14.7. The van der Waals surface area contributed by atoms with Crippen LogP contribution in [-0.2, 0) is 15.3 Å². The number of benzene rings is 3. The molecule has 3 aromatic rings. The molecule has 4 rings (SSSR count). The van der Waals surface area contributed by atoms with E-state index >= 15 is 0 Å². The Balaban J connectivity index is 2.23. The zero-order valence-corrected chi connectivity index (χ0v) is 16.8. The lowest BCUT2D eigenvalue weighted by atomic mass is 9.68. The average molecular weight is 434 g/mol. The van der Waals surface area contributed by atoms with Crippen LogP contribution in [0.25, 0.3) is 0 Å². The predicted molar refractivity (Wildman–Crippen MR) is 104 cm³/mol. The molecule has 0 radical (unpaired) electrons. The van der Waals surface area contributed by atoms with E-state index in [9.17, 15) is 31.8 Å². The molecule has 156 valence electrons. The molecule has 0 saturated heterocycles. The van der Waals surface area contributed by atoms with Gasteiger partial charge in [0.1, 0.15) is 0 Å². The SMILES string of the molecule is Cc1cc(O)c(F)cc1C1(c2cc(F)c(O)c(F)c2C)CS(=O)(=O)c2ccccc21. The Bertz CT molecular complexity index is 1320. The van der Waals surface area contributed by atoms with Crippen molar-refractivity contribution in [2.24, 2.45) is 0 Å². The number of fused-ring (bicyclic) bond motifs is 1. The Morgan fingerprint density at radius 1 is 0.900 bits per heavy atom. The molecule has 1 aliphatic rings. The summed E-state index contributed by atoms with van der Waals surface area (Å²) in [5, 5.41) is 19.4. The van der Waals surface area contributed by atoms with E-state index in [0.717, 1.165) is 18.2 Å². The van der Waals surface area contributed by atoms with Gasteiger partial charge in [0.05, 0.1) is 16.1 Å². The second-order valence-electron chi connectivity index (χ2n) is 7.47. The summed E-state index contributed by atoms with van der Waals surface area (Å²) in [7, 11) is -3.89. The molecule has 0 saturated carbocycles. The van der Waals surface area contributed by atoms with Crippen molar-refractivity contribution in [2.45, 2.75) is 24.2 Å². The van der Waals surface area contributed by atoms with Crippen LogP contribution in [0, 0.1) is 31.3 Å². The highest BCUT2D eigenvalue weighted by molar-refractivity contribution is 7.91. The van der Waals surface area contributed by atoms with Gasteiger partial charge in [-0.3, -0.25) is 0 Å². The molecule has 2 N–H and O–H groups in total. The van der Waals surface area contributed by atoms with Crippen LogP contribution < -0.4 is 0 Å². The summed E-state index contributed by atoms with van der Waals surface area (Å²) in [6.07, 6.45) is 0. The summed E-state index contributed by atoms with van der Waals surface area (Å²) in [6, 6.07) is 9.04. The Morgan fingerprint density at radius 3 is 2.23 bits per heavy atom. The summed E-state index contributed by atoms with van der Waals surface area (Å²) in [5.41, 5.74) is -1.11. The molecule has 0 bridgehead atoms. The van der Waals surface area contributed by atoms with Crippen molar-refractivity contribution in [3.05, 3.63) is 87.7 Å². The Kier molecular flexibility index (Phi) is 4.39. The number of aromatic hydroxyl groups is 2. The first-order valence-corrected chi connectivity index (χ1v) is 10.7. The van der Waals surface area contributed by atoms with E-state index < -0.39 is 50.0 Å². The lowest BCUT2D eigenvalue weighted by Crippen LogP contribution is -2.34. The maximum Gasteiger partial charge on any atom is 0.188 e. The number of rotatable bonds is 2. The van der Waals surface area contributed by atoms with Gasteiger partial charge in [0.2, 0.25) is 0 Å². The highest BCUT2D eigenvalue weighted by Crippen LogP contribution is 2.52. The molecular weight excluding hydrogens is 417 g/mol. The molecule has 0 aromatic heterocycles. The van der Waals surface area contributed by atoms with E-state index in [4.69, 9.17) is 0 Å². The van der Waals surface area contributed by atoms with Gasteiger partial charge in [0.15, 0.2) is 38.8 Å². The molecule has 1 atom stereocenters. The number of aryl methyl sites for hydroxylation is 1. The van der Waals surface area contributed by atoms with Crippen molar-refractivity contribution < 1.29 is 31.8 Å². The summed E-state index contributed by atoms with van der Waals surface area (Å²) in [6.45, 7) is 2.84. The third kappa shape index (κ3) is 2.63. The molecule has 0 aliphatic carbocycles. The highest BCUT2D eigenvalue weighted by Gasteiger charge is 2.51. The predicted octanol–water partition coefficient (Wildman–Crippen LogP) is 4.25. The van der Waals surface area contributed by atoms with Gasteiger partial charge in [0, 0.05) is 0 Å². The summed E-state index contributed by atoms with van der Waals surface area (Å²) in [4.78, 5) is -0.0221. The molecule has 30 heavy (non-hydrogen) atoms. The average Bonchev–Trinajstić information content (AvgIpc) is 2.94. The largest absolute Gasteiger partial charge is 0.505 e. The Hall–Kier alpha value is -3.00. The van der Waals surface area contributed by atoms with Crippen LogP contribution in [0.4, 0.5) is 13.2 Å². The number of halogens is 3. The van der Waals surface area contributed by atoms with Gasteiger partial charge in [-0.15, -0.1) is 0 Å². The first-order valence-electron chi connectivity index (χ1n) is 9.00. The minimum atomic E-state index is -3.89. The zero-order valence-electron chi connectivity index (χ0n) is 16.0. The van der Waals surface area contributed by atoms with Crippen molar-refractivity contribution in [1.82, 2.24) is 0 Å². The van der Waals surface area contributed by atoms with Crippen molar-refractivity contribution in [3.63, 3.8) is 0 Å². The Morgan fingerprint density at radius 2 is 1.53 bits per heavy atom.